The van der Waals surface area contributed by atoms with Crippen molar-refractivity contribution in [2.45, 2.75) is 25.9 Å². The van der Waals surface area contributed by atoms with Gasteiger partial charge in [-0.05, 0) is 31.1 Å². The monoisotopic (exact) mass is 427 g/mol. The lowest BCUT2D eigenvalue weighted by molar-refractivity contribution is -0.171. The average molecular weight is 427 g/mol. The molecule has 0 aromatic carbocycles. The van der Waals surface area contributed by atoms with Crippen LogP contribution in [0.5, 0.6) is 0 Å². The summed E-state index contributed by atoms with van der Waals surface area (Å²) in [4.78, 5) is 28.0. The second kappa shape index (κ2) is 8.85. The van der Waals surface area contributed by atoms with Crippen molar-refractivity contribution < 1.29 is 31.9 Å². The summed E-state index contributed by atoms with van der Waals surface area (Å²) >= 11 is 0. The first-order valence-corrected chi connectivity index (χ1v) is 9.49. The first kappa shape index (κ1) is 21.8. The summed E-state index contributed by atoms with van der Waals surface area (Å²) in [5, 5.41) is 5.20. The number of nitrogens with zero attached hydrogens (tertiary/aromatic N) is 1. The molecule has 6 nitrogen and oxygen atoms in total. The van der Waals surface area contributed by atoms with Crippen LogP contribution in [0, 0.1) is 17.8 Å². The summed E-state index contributed by atoms with van der Waals surface area (Å²) in [7, 11) is 0. The zero-order valence-electron chi connectivity index (χ0n) is 16.1. The number of alkyl halides is 3. The van der Waals surface area contributed by atoms with E-state index in [1.807, 2.05) is 0 Å². The number of carbonyl (C=O) groups excluding carboxylic acids is 2. The van der Waals surface area contributed by atoms with Crippen LogP contribution < -0.4 is 10.6 Å². The fourth-order valence-electron chi connectivity index (χ4n) is 2.97. The standard InChI is InChI=1S/C20H21F4N3O3/c1-11-14(20(22,23)24)4-5-15(17(11)21)30-9-8-26-18(28)13-6-7-25-16(10-13)27-19(29)12-2-3-12/h4-7,10-12,14H,2-3,8-9H2,1H3,(H,26,28)(H,25,27,29). The third-order valence-corrected chi connectivity index (χ3v) is 4.87. The summed E-state index contributed by atoms with van der Waals surface area (Å²) in [5.41, 5.74) is 0.265. The Labute approximate surface area is 170 Å². The molecule has 2 N–H and O–H groups in total. The molecular weight excluding hydrogens is 406 g/mol. The highest BCUT2D eigenvalue weighted by molar-refractivity contribution is 5.97. The van der Waals surface area contributed by atoms with Crippen molar-refractivity contribution in [3.63, 3.8) is 0 Å². The van der Waals surface area contributed by atoms with Crippen molar-refractivity contribution in [3.8, 4) is 0 Å². The minimum absolute atomic E-state index is 0.000835. The predicted octanol–water partition coefficient (Wildman–Crippen LogP) is 3.74. The van der Waals surface area contributed by atoms with Crippen LogP contribution in [0.2, 0.25) is 0 Å². The maximum atomic E-state index is 14.2. The van der Waals surface area contributed by atoms with Crippen molar-refractivity contribution in [3.05, 3.63) is 47.6 Å². The molecule has 2 amide bonds. The Morgan fingerprint density at radius 2 is 2.03 bits per heavy atom. The number of halogens is 4. The number of aromatic nitrogens is 1. The Morgan fingerprint density at radius 1 is 1.30 bits per heavy atom. The molecule has 0 aliphatic heterocycles. The molecular formula is C20H21F4N3O3. The van der Waals surface area contributed by atoms with Gasteiger partial charge in [-0.2, -0.15) is 13.2 Å². The molecule has 10 heteroatoms. The van der Waals surface area contributed by atoms with Crippen LogP contribution in [0.4, 0.5) is 23.4 Å². The Balaban J connectivity index is 1.47. The smallest absolute Gasteiger partial charge is 0.395 e. The van der Waals surface area contributed by atoms with E-state index in [9.17, 15) is 27.2 Å². The summed E-state index contributed by atoms with van der Waals surface area (Å²) in [6.45, 7) is 1.02. The second-order valence-electron chi connectivity index (χ2n) is 7.23. The lowest BCUT2D eigenvalue weighted by atomic mass is 9.88. The molecule has 2 aliphatic carbocycles. The fourth-order valence-corrected chi connectivity index (χ4v) is 2.97. The molecule has 2 atom stereocenters. The predicted molar refractivity (Wildman–Crippen MR) is 99.9 cm³/mol. The number of hydrogen-bond acceptors (Lipinski definition) is 4. The molecule has 0 bridgehead atoms. The Hall–Kier alpha value is -2.91. The average Bonchev–Trinajstić information content (AvgIpc) is 3.52. The number of anilines is 1. The largest absolute Gasteiger partial charge is 0.489 e. The molecule has 2 aliphatic rings. The van der Waals surface area contributed by atoms with E-state index in [2.05, 4.69) is 15.6 Å². The number of ether oxygens (including phenoxy) is 1. The van der Waals surface area contributed by atoms with Crippen molar-refractivity contribution in [1.29, 1.82) is 0 Å². The minimum atomic E-state index is -4.53. The molecule has 0 radical (unpaired) electrons. The molecule has 1 heterocycles. The zero-order chi connectivity index (χ0) is 21.9. The molecule has 1 fully saturated rings. The second-order valence-corrected chi connectivity index (χ2v) is 7.23. The molecule has 0 saturated heterocycles. The third-order valence-electron chi connectivity index (χ3n) is 4.87. The van der Waals surface area contributed by atoms with E-state index in [1.54, 1.807) is 0 Å². The molecule has 0 spiro atoms. The van der Waals surface area contributed by atoms with Crippen LogP contribution in [0.1, 0.15) is 30.1 Å². The third kappa shape index (κ3) is 5.37. The number of hydrogen-bond donors (Lipinski definition) is 2. The van der Waals surface area contributed by atoms with E-state index in [0.29, 0.717) is 0 Å². The zero-order valence-corrected chi connectivity index (χ0v) is 16.1. The number of allylic oxidation sites excluding steroid dienone is 3. The van der Waals surface area contributed by atoms with E-state index in [4.69, 9.17) is 4.74 Å². The molecule has 1 aromatic rings. The van der Waals surface area contributed by atoms with Crippen LogP contribution in [0.25, 0.3) is 0 Å². The number of rotatable bonds is 7. The Morgan fingerprint density at radius 3 is 2.70 bits per heavy atom. The quantitative estimate of drug-likeness (QED) is 0.513. The van der Waals surface area contributed by atoms with Crippen LogP contribution in [-0.2, 0) is 9.53 Å². The molecule has 162 valence electrons. The lowest BCUT2D eigenvalue weighted by Crippen LogP contribution is -2.30. The molecule has 2 unspecified atom stereocenters. The van der Waals surface area contributed by atoms with Gasteiger partial charge in [0.2, 0.25) is 5.91 Å². The van der Waals surface area contributed by atoms with Gasteiger partial charge in [-0.25, -0.2) is 9.37 Å². The fraction of sp³-hybridized carbons (Fsp3) is 0.450. The number of amides is 2. The maximum absolute atomic E-state index is 14.2. The van der Waals surface area contributed by atoms with E-state index in [-0.39, 0.29) is 42.1 Å². The summed E-state index contributed by atoms with van der Waals surface area (Å²) in [5.74, 6) is -4.84. The topological polar surface area (TPSA) is 80.3 Å². The van der Waals surface area contributed by atoms with Gasteiger partial charge in [-0.3, -0.25) is 9.59 Å². The van der Waals surface area contributed by atoms with Gasteiger partial charge in [0.25, 0.3) is 5.91 Å². The van der Waals surface area contributed by atoms with E-state index >= 15 is 0 Å². The first-order chi connectivity index (χ1) is 14.2. The first-order valence-electron chi connectivity index (χ1n) is 9.49. The van der Waals surface area contributed by atoms with Crippen LogP contribution in [0.3, 0.4) is 0 Å². The van der Waals surface area contributed by atoms with Gasteiger partial charge in [0.05, 0.1) is 12.5 Å². The lowest BCUT2D eigenvalue weighted by Gasteiger charge is -2.26. The van der Waals surface area contributed by atoms with E-state index in [0.717, 1.165) is 31.9 Å². The number of pyridine rings is 1. The van der Waals surface area contributed by atoms with Crippen molar-refractivity contribution in [2.75, 3.05) is 18.5 Å². The van der Waals surface area contributed by atoms with Crippen LogP contribution in [-0.4, -0.2) is 36.1 Å². The summed E-state index contributed by atoms with van der Waals surface area (Å²) in [6.07, 6.45) is 0.374. The Kier molecular flexibility index (Phi) is 6.42. The number of nitrogens with one attached hydrogen (secondary N) is 2. The van der Waals surface area contributed by atoms with Crippen LogP contribution in [0.15, 0.2) is 42.1 Å². The maximum Gasteiger partial charge on any atom is 0.395 e. The van der Waals surface area contributed by atoms with Gasteiger partial charge < -0.3 is 15.4 Å². The molecule has 1 aromatic heterocycles. The molecule has 3 rings (SSSR count). The van der Waals surface area contributed by atoms with Crippen molar-refractivity contribution in [1.82, 2.24) is 10.3 Å². The number of carbonyl (C=O) groups is 2. The van der Waals surface area contributed by atoms with Gasteiger partial charge in [0.1, 0.15) is 18.3 Å². The van der Waals surface area contributed by atoms with Gasteiger partial charge >= 0.3 is 6.18 Å². The van der Waals surface area contributed by atoms with Gasteiger partial charge in [0.15, 0.2) is 5.76 Å². The summed E-state index contributed by atoms with van der Waals surface area (Å²) < 4.78 is 57.8. The highest BCUT2D eigenvalue weighted by Crippen LogP contribution is 2.40. The van der Waals surface area contributed by atoms with Crippen molar-refractivity contribution >= 4 is 17.6 Å². The van der Waals surface area contributed by atoms with Crippen molar-refractivity contribution in [2.24, 2.45) is 17.8 Å². The Bertz CT molecular complexity index is 878. The van der Waals surface area contributed by atoms with E-state index in [1.165, 1.54) is 18.3 Å². The summed E-state index contributed by atoms with van der Waals surface area (Å²) in [6, 6.07) is 2.90. The molecule has 30 heavy (non-hydrogen) atoms. The highest BCUT2D eigenvalue weighted by atomic mass is 19.4. The molecule has 1 saturated carbocycles. The van der Waals surface area contributed by atoms with Gasteiger partial charge in [0, 0.05) is 23.6 Å². The van der Waals surface area contributed by atoms with Gasteiger partial charge in [-0.1, -0.05) is 13.0 Å². The van der Waals surface area contributed by atoms with Crippen LogP contribution >= 0.6 is 0 Å². The van der Waals surface area contributed by atoms with Gasteiger partial charge in [-0.15, -0.1) is 0 Å². The SMILES string of the molecule is CC1C(F)=C(OCCNC(=O)c2ccnc(NC(=O)C3CC3)c2)C=CC1C(F)(F)F. The van der Waals surface area contributed by atoms with E-state index < -0.39 is 29.7 Å². The minimum Gasteiger partial charge on any atom is -0.489 e. The normalized spacial score (nSPS) is 21.4. The highest BCUT2D eigenvalue weighted by Gasteiger charge is 2.45.